The van der Waals surface area contributed by atoms with Crippen LogP contribution in [0.4, 0.5) is 0 Å². The molecule has 2 heterocycles. The lowest BCUT2D eigenvalue weighted by molar-refractivity contribution is 0.385. The zero-order chi connectivity index (χ0) is 13.1. The maximum absolute atomic E-state index is 6.19. The first-order chi connectivity index (χ1) is 9.33. The Morgan fingerprint density at radius 1 is 1.37 bits per heavy atom. The van der Waals surface area contributed by atoms with Gasteiger partial charge >= 0.3 is 0 Å². The minimum Gasteiger partial charge on any atom is -0.316 e. The lowest BCUT2D eigenvalue weighted by Gasteiger charge is -2.26. The fraction of sp³-hybridized carbons (Fsp3) is 0.357. The zero-order valence-electron chi connectivity index (χ0n) is 10.4. The van der Waals surface area contributed by atoms with Gasteiger partial charge in [0.1, 0.15) is 5.01 Å². The predicted molar refractivity (Wildman–Crippen MR) is 85.1 cm³/mol. The van der Waals surface area contributed by atoms with Crippen molar-refractivity contribution in [2.45, 2.75) is 5.75 Å². The van der Waals surface area contributed by atoms with Gasteiger partial charge < -0.3 is 5.32 Å². The van der Waals surface area contributed by atoms with E-state index in [1.165, 1.54) is 18.8 Å². The standard InChI is InChI=1S/C14H15ClN2S2/c15-13-4-2-1-3-12(13)14-17-11(9-19-14)8-18-7-10-5-16-6-10/h1-4,9-10,16H,5-8H2. The van der Waals surface area contributed by atoms with E-state index in [1.54, 1.807) is 11.3 Å². The van der Waals surface area contributed by atoms with Gasteiger partial charge in [0.15, 0.2) is 0 Å². The van der Waals surface area contributed by atoms with Crippen molar-refractivity contribution in [1.29, 1.82) is 0 Å². The van der Waals surface area contributed by atoms with Crippen LogP contribution in [0.2, 0.25) is 5.02 Å². The summed E-state index contributed by atoms with van der Waals surface area (Å²) in [6.07, 6.45) is 0. The molecule has 0 atom stereocenters. The summed E-state index contributed by atoms with van der Waals surface area (Å²) >= 11 is 9.84. The van der Waals surface area contributed by atoms with Crippen LogP contribution in [0, 0.1) is 5.92 Å². The molecule has 0 radical (unpaired) electrons. The average molecular weight is 311 g/mol. The first kappa shape index (κ1) is 13.4. The molecule has 0 aliphatic carbocycles. The lowest BCUT2D eigenvalue weighted by atomic mass is 10.1. The highest BCUT2D eigenvalue weighted by Gasteiger charge is 2.16. The third-order valence-corrected chi connectivity index (χ3v) is 5.59. The highest BCUT2D eigenvalue weighted by Crippen LogP contribution is 2.31. The maximum Gasteiger partial charge on any atom is 0.125 e. The van der Waals surface area contributed by atoms with Gasteiger partial charge in [0.05, 0.1) is 10.7 Å². The van der Waals surface area contributed by atoms with Crippen LogP contribution in [0.3, 0.4) is 0 Å². The zero-order valence-corrected chi connectivity index (χ0v) is 12.8. The summed E-state index contributed by atoms with van der Waals surface area (Å²) in [5, 5.41) is 7.24. The highest BCUT2D eigenvalue weighted by atomic mass is 35.5. The van der Waals surface area contributed by atoms with Crippen LogP contribution >= 0.6 is 34.7 Å². The molecule has 0 saturated carbocycles. The number of nitrogens with one attached hydrogen (secondary N) is 1. The van der Waals surface area contributed by atoms with E-state index in [-0.39, 0.29) is 0 Å². The SMILES string of the molecule is Clc1ccccc1-c1nc(CSCC2CNC2)cs1. The second-order valence-electron chi connectivity index (χ2n) is 4.66. The number of aromatic nitrogens is 1. The van der Waals surface area contributed by atoms with E-state index in [4.69, 9.17) is 11.6 Å². The topological polar surface area (TPSA) is 24.9 Å². The van der Waals surface area contributed by atoms with Gasteiger partial charge in [-0.25, -0.2) is 4.98 Å². The Kier molecular flexibility index (Phi) is 4.43. The van der Waals surface area contributed by atoms with E-state index < -0.39 is 0 Å². The van der Waals surface area contributed by atoms with Crippen molar-refractivity contribution >= 4 is 34.7 Å². The van der Waals surface area contributed by atoms with Gasteiger partial charge in [0.25, 0.3) is 0 Å². The molecule has 1 aliphatic heterocycles. The van der Waals surface area contributed by atoms with E-state index in [2.05, 4.69) is 15.7 Å². The van der Waals surface area contributed by atoms with Crippen molar-refractivity contribution in [1.82, 2.24) is 10.3 Å². The van der Waals surface area contributed by atoms with Gasteiger partial charge in [-0.1, -0.05) is 29.8 Å². The molecule has 5 heteroatoms. The van der Waals surface area contributed by atoms with Gasteiger partial charge in [-0.3, -0.25) is 0 Å². The van der Waals surface area contributed by atoms with Crippen molar-refractivity contribution in [2.24, 2.45) is 5.92 Å². The molecule has 19 heavy (non-hydrogen) atoms. The normalized spacial score (nSPS) is 15.4. The summed E-state index contributed by atoms with van der Waals surface area (Å²) in [7, 11) is 0. The Morgan fingerprint density at radius 2 is 2.21 bits per heavy atom. The van der Waals surface area contributed by atoms with Crippen LogP contribution < -0.4 is 5.32 Å². The van der Waals surface area contributed by atoms with Crippen LogP contribution in [-0.4, -0.2) is 23.8 Å². The minimum atomic E-state index is 0.775. The number of rotatable bonds is 5. The van der Waals surface area contributed by atoms with E-state index in [0.29, 0.717) is 0 Å². The van der Waals surface area contributed by atoms with E-state index in [0.717, 1.165) is 33.0 Å². The largest absolute Gasteiger partial charge is 0.316 e. The van der Waals surface area contributed by atoms with Gasteiger partial charge in [-0.05, 0) is 30.8 Å². The summed E-state index contributed by atoms with van der Waals surface area (Å²) in [6.45, 7) is 2.35. The molecule has 1 aliphatic rings. The molecule has 0 amide bonds. The van der Waals surface area contributed by atoms with Crippen molar-refractivity contribution in [3.8, 4) is 10.6 Å². The summed E-state index contributed by atoms with van der Waals surface area (Å²) in [6, 6.07) is 7.89. The Morgan fingerprint density at radius 3 is 2.95 bits per heavy atom. The first-order valence-corrected chi connectivity index (χ1v) is 8.72. The second kappa shape index (κ2) is 6.27. The Balaban J connectivity index is 1.61. The molecule has 100 valence electrons. The number of nitrogens with zero attached hydrogens (tertiary/aromatic N) is 1. The van der Waals surface area contributed by atoms with Crippen molar-refractivity contribution in [2.75, 3.05) is 18.8 Å². The predicted octanol–water partition coefficient (Wildman–Crippen LogP) is 3.92. The lowest BCUT2D eigenvalue weighted by Crippen LogP contribution is -2.43. The fourth-order valence-corrected chi connectivity index (χ4v) is 4.22. The second-order valence-corrected chi connectivity index (χ2v) is 6.96. The van der Waals surface area contributed by atoms with Crippen LogP contribution in [0.15, 0.2) is 29.6 Å². The van der Waals surface area contributed by atoms with Crippen LogP contribution in [0.1, 0.15) is 5.69 Å². The summed E-state index contributed by atoms with van der Waals surface area (Å²) < 4.78 is 0. The number of halogens is 1. The molecular weight excluding hydrogens is 296 g/mol. The smallest absolute Gasteiger partial charge is 0.125 e. The number of hydrogen-bond acceptors (Lipinski definition) is 4. The molecule has 0 bridgehead atoms. The van der Waals surface area contributed by atoms with E-state index in [1.807, 2.05) is 36.0 Å². The summed E-state index contributed by atoms with van der Waals surface area (Å²) in [4.78, 5) is 4.68. The third-order valence-electron chi connectivity index (χ3n) is 3.13. The van der Waals surface area contributed by atoms with Crippen molar-refractivity contribution < 1.29 is 0 Å². The van der Waals surface area contributed by atoms with Crippen molar-refractivity contribution in [3.05, 3.63) is 40.4 Å². The number of thioether (sulfide) groups is 1. The third kappa shape index (κ3) is 3.31. The number of thiazole rings is 1. The summed E-state index contributed by atoms with van der Waals surface area (Å²) in [5.41, 5.74) is 2.20. The van der Waals surface area contributed by atoms with Gasteiger partial charge in [-0.15, -0.1) is 11.3 Å². The number of benzene rings is 1. The van der Waals surface area contributed by atoms with E-state index in [9.17, 15) is 0 Å². The maximum atomic E-state index is 6.19. The molecule has 2 aromatic rings. The molecule has 2 nitrogen and oxygen atoms in total. The molecule has 1 N–H and O–H groups in total. The molecule has 1 saturated heterocycles. The summed E-state index contributed by atoms with van der Waals surface area (Å²) in [5.74, 6) is 3.08. The highest BCUT2D eigenvalue weighted by molar-refractivity contribution is 7.98. The average Bonchev–Trinajstić information content (AvgIpc) is 2.81. The molecule has 0 unspecified atom stereocenters. The quantitative estimate of drug-likeness (QED) is 0.906. The monoisotopic (exact) mass is 310 g/mol. The molecule has 1 aromatic heterocycles. The molecule has 1 fully saturated rings. The number of hydrogen-bond donors (Lipinski definition) is 1. The van der Waals surface area contributed by atoms with Gasteiger partial charge in [0.2, 0.25) is 0 Å². The Bertz CT molecular complexity index is 552. The molecule has 3 rings (SSSR count). The molecule has 1 aromatic carbocycles. The molecule has 0 spiro atoms. The Hall–Kier alpha value is -0.550. The van der Waals surface area contributed by atoms with Crippen LogP contribution in [0.25, 0.3) is 10.6 Å². The molecular formula is C14H15ClN2S2. The van der Waals surface area contributed by atoms with E-state index >= 15 is 0 Å². The van der Waals surface area contributed by atoms with Crippen LogP contribution in [-0.2, 0) is 5.75 Å². The van der Waals surface area contributed by atoms with Gasteiger partial charge in [-0.2, -0.15) is 11.8 Å². The Labute approximate surface area is 126 Å². The van der Waals surface area contributed by atoms with Crippen LogP contribution in [0.5, 0.6) is 0 Å². The fourth-order valence-electron chi connectivity index (χ4n) is 1.93. The first-order valence-electron chi connectivity index (χ1n) is 6.30. The van der Waals surface area contributed by atoms with Crippen molar-refractivity contribution in [3.63, 3.8) is 0 Å². The minimum absolute atomic E-state index is 0.775. The van der Waals surface area contributed by atoms with Gasteiger partial charge in [0, 0.05) is 16.7 Å².